The van der Waals surface area contributed by atoms with Crippen LogP contribution in [0, 0.1) is 11.3 Å². The average molecular weight is 388 g/mol. The number of aliphatic hydroxyl groups excluding tert-OH is 1. The molecule has 1 aliphatic heterocycles. The molecule has 0 saturated carbocycles. The number of rotatable bonds is 5. The Balaban J connectivity index is 1.74. The third-order valence-corrected chi connectivity index (χ3v) is 5.08. The number of methoxy groups -OCH3 is 1. The van der Waals surface area contributed by atoms with E-state index in [1.165, 1.54) is 0 Å². The average Bonchev–Trinajstić information content (AvgIpc) is 3.11. The van der Waals surface area contributed by atoms with Gasteiger partial charge in [-0.25, -0.2) is 15.0 Å². The van der Waals surface area contributed by atoms with Crippen LogP contribution in [0.5, 0.6) is 5.88 Å². The van der Waals surface area contributed by atoms with Crippen LogP contribution in [-0.2, 0) is 5.41 Å². The van der Waals surface area contributed by atoms with Crippen molar-refractivity contribution in [3.8, 4) is 23.2 Å². The lowest BCUT2D eigenvalue weighted by Gasteiger charge is -2.21. The molecule has 3 heterocycles. The second-order valence-corrected chi connectivity index (χ2v) is 7.08. The fraction of sp³-hybridized carbons (Fsp3) is 0.238. The van der Waals surface area contributed by atoms with Crippen molar-refractivity contribution in [2.75, 3.05) is 30.9 Å². The molecule has 0 unspecified atom stereocenters. The van der Waals surface area contributed by atoms with Gasteiger partial charge in [-0.3, -0.25) is 0 Å². The first-order valence-corrected chi connectivity index (χ1v) is 9.11. The molecular formula is C21H20N6O2. The number of hydrogen-bond acceptors (Lipinski definition) is 8. The summed E-state index contributed by atoms with van der Waals surface area (Å²) in [5.41, 5.74) is 3.86. The Morgan fingerprint density at radius 3 is 2.93 bits per heavy atom. The highest BCUT2D eigenvalue weighted by molar-refractivity contribution is 5.76. The van der Waals surface area contributed by atoms with E-state index in [-0.39, 0.29) is 6.61 Å². The molecule has 146 valence electrons. The maximum absolute atomic E-state index is 9.88. The van der Waals surface area contributed by atoms with E-state index in [1.807, 2.05) is 19.1 Å². The van der Waals surface area contributed by atoms with Crippen molar-refractivity contribution in [2.45, 2.75) is 12.3 Å². The number of aromatic nitrogens is 3. The standard InChI is InChI=1S/C21H20N6O2/c1-21(12-28)11-25-18-14(10-22)8-13(9-15(18)21)16-5-7-24-20(26-16)27-17-4-3-6-23-19(17)29-2/h3-9,25,28H,11-12H2,1-2H3,(H,24,26,27)/t21-/m1/s1. The maximum Gasteiger partial charge on any atom is 0.237 e. The number of nitriles is 1. The van der Waals surface area contributed by atoms with Gasteiger partial charge in [0.1, 0.15) is 11.8 Å². The van der Waals surface area contributed by atoms with Crippen molar-refractivity contribution in [1.29, 1.82) is 5.26 Å². The van der Waals surface area contributed by atoms with Crippen molar-refractivity contribution >= 4 is 17.3 Å². The van der Waals surface area contributed by atoms with Gasteiger partial charge in [0.05, 0.1) is 30.7 Å². The van der Waals surface area contributed by atoms with Gasteiger partial charge >= 0.3 is 0 Å². The lowest BCUT2D eigenvalue weighted by Crippen LogP contribution is -2.28. The van der Waals surface area contributed by atoms with E-state index < -0.39 is 5.41 Å². The summed E-state index contributed by atoms with van der Waals surface area (Å²) in [7, 11) is 1.55. The molecule has 3 aromatic rings. The van der Waals surface area contributed by atoms with E-state index in [0.29, 0.717) is 35.3 Å². The van der Waals surface area contributed by atoms with E-state index in [0.717, 1.165) is 16.8 Å². The summed E-state index contributed by atoms with van der Waals surface area (Å²) >= 11 is 0. The molecule has 0 saturated heterocycles. The van der Waals surface area contributed by atoms with Crippen LogP contribution >= 0.6 is 0 Å². The molecule has 8 nitrogen and oxygen atoms in total. The maximum atomic E-state index is 9.88. The highest BCUT2D eigenvalue weighted by Gasteiger charge is 2.35. The zero-order chi connectivity index (χ0) is 20.4. The predicted octanol–water partition coefficient (Wildman–Crippen LogP) is 2.84. The summed E-state index contributed by atoms with van der Waals surface area (Å²) in [5.74, 6) is 0.825. The molecule has 0 fully saturated rings. The van der Waals surface area contributed by atoms with Gasteiger partial charge in [0.25, 0.3) is 0 Å². The number of aliphatic hydroxyl groups is 1. The molecule has 0 spiro atoms. The summed E-state index contributed by atoms with van der Waals surface area (Å²) < 4.78 is 5.25. The molecule has 8 heteroatoms. The number of anilines is 3. The summed E-state index contributed by atoms with van der Waals surface area (Å²) in [6, 6.07) is 11.4. The summed E-state index contributed by atoms with van der Waals surface area (Å²) in [6.45, 7) is 2.53. The van der Waals surface area contributed by atoms with Crippen LogP contribution in [0.2, 0.25) is 0 Å². The van der Waals surface area contributed by atoms with Crippen molar-refractivity contribution in [3.63, 3.8) is 0 Å². The molecule has 0 radical (unpaired) electrons. The van der Waals surface area contributed by atoms with E-state index in [2.05, 4.69) is 31.7 Å². The minimum absolute atomic E-state index is 0.0152. The smallest absolute Gasteiger partial charge is 0.237 e. The second kappa shape index (κ2) is 7.37. The van der Waals surface area contributed by atoms with Crippen molar-refractivity contribution in [1.82, 2.24) is 15.0 Å². The van der Waals surface area contributed by atoms with Crippen molar-refractivity contribution in [3.05, 3.63) is 53.9 Å². The van der Waals surface area contributed by atoms with Gasteiger partial charge in [0.15, 0.2) is 0 Å². The first-order chi connectivity index (χ1) is 14.1. The number of pyridine rings is 1. The Labute approximate surface area is 168 Å². The van der Waals surface area contributed by atoms with Crippen LogP contribution in [0.4, 0.5) is 17.3 Å². The molecule has 1 atom stereocenters. The summed E-state index contributed by atoms with van der Waals surface area (Å²) in [5, 5.41) is 25.8. The Bertz CT molecular complexity index is 1110. The zero-order valence-electron chi connectivity index (χ0n) is 16.1. The van der Waals surface area contributed by atoms with E-state index in [1.54, 1.807) is 37.7 Å². The van der Waals surface area contributed by atoms with Gasteiger partial charge in [-0.2, -0.15) is 5.26 Å². The molecule has 29 heavy (non-hydrogen) atoms. The first kappa shape index (κ1) is 18.7. The number of nitrogens with zero attached hydrogens (tertiary/aromatic N) is 4. The normalized spacial score (nSPS) is 17.2. The topological polar surface area (TPSA) is 116 Å². The monoisotopic (exact) mass is 388 g/mol. The minimum atomic E-state index is -0.450. The Morgan fingerprint density at radius 1 is 1.31 bits per heavy atom. The Hall–Kier alpha value is -3.70. The number of benzene rings is 1. The lowest BCUT2D eigenvalue weighted by molar-refractivity contribution is 0.219. The molecule has 0 amide bonds. The molecule has 1 aliphatic rings. The van der Waals surface area contributed by atoms with Gasteiger partial charge in [-0.1, -0.05) is 6.92 Å². The third kappa shape index (κ3) is 3.32. The van der Waals surface area contributed by atoms with Gasteiger partial charge in [0.2, 0.25) is 11.8 Å². The van der Waals surface area contributed by atoms with Crippen LogP contribution in [-0.4, -0.2) is 40.3 Å². The largest absolute Gasteiger partial charge is 0.480 e. The Kier molecular flexibility index (Phi) is 4.74. The van der Waals surface area contributed by atoms with Crippen LogP contribution in [0.25, 0.3) is 11.3 Å². The molecular weight excluding hydrogens is 368 g/mol. The van der Waals surface area contributed by atoms with Crippen LogP contribution in [0.3, 0.4) is 0 Å². The quantitative estimate of drug-likeness (QED) is 0.611. The minimum Gasteiger partial charge on any atom is -0.480 e. The Morgan fingerprint density at radius 2 is 2.17 bits per heavy atom. The highest BCUT2D eigenvalue weighted by Crippen LogP contribution is 2.41. The number of hydrogen-bond donors (Lipinski definition) is 3. The highest BCUT2D eigenvalue weighted by atomic mass is 16.5. The number of ether oxygens (including phenoxy) is 1. The van der Waals surface area contributed by atoms with E-state index in [9.17, 15) is 10.4 Å². The SMILES string of the molecule is COc1ncccc1Nc1nccc(-c2cc(C#N)c3c(c2)[C@@](C)(CO)CN3)n1. The summed E-state index contributed by atoms with van der Waals surface area (Å²) in [6.07, 6.45) is 3.29. The fourth-order valence-electron chi connectivity index (χ4n) is 3.41. The van der Waals surface area contributed by atoms with E-state index >= 15 is 0 Å². The molecule has 1 aromatic carbocycles. The molecule has 0 aliphatic carbocycles. The molecule has 4 rings (SSSR count). The number of nitrogens with one attached hydrogen (secondary N) is 2. The van der Waals surface area contributed by atoms with Crippen LogP contribution < -0.4 is 15.4 Å². The van der Waals surface area contributed by atoms with Crippen molar-refractivity contribution in [2.24, 2.45) is 0 Å². The van der Waals surface area contributed by atoms with Crippen LogP contribution in [0.1, 0.15) is 18.1 Å². The second-order valence-electron chi connectivity index (χ2n) is 7.08. The van der Waals surface area contributed by atoms with Gasteiger partial charge in [0, 0.05) is 29.9 Å². The fourth-order valence-corrected chi connectivity index (χ4v) is 3.41. The van der Waals surface area contributed by atoms with Crippen LogP contribution in [0.15, 0.2) is 42.7 Å². The van der Waals surface area contributed by atoms with E-state index in [4.69, 9.17) is 4.74 Å². The van der Waals surface area contributed by atoms with Gasteiger partial charge in [-0.15, -0.1) is 0 Å². The van der Waals surface area contributed by atoms with Gasteiger partial charge < -0.3 is 20.5 Å². The zero-order valence-corrected chi connectivity index (χ0v) is 16.1. The number of fused-ring (bicyclic) bond motifs is 1. The summed E-state index contributed by atoms with van der Waals surface area (Å²) in [4.78, 5) is 13.0. The molecule has 2 aromatic heterocycles. The third-order valence-electron chi connectivity index (χ3n) is 5.08. The molecule has 3 N–H and O–H groups in total. The van der Waals surface area contributed by atoms with Gasteiger partial charge in [-0.05, 0) is 35.9 Å². The van der Waals surface area contributed by atoms with Crippen molar-refractivity contribution < 1.29 is 9.84 Å². The molecule has 0 bridgehead atoms. The lowest BCUT2D eigenvalue weighted by atomic mass is 9.83. The first-order valence-electron chi connectivity index (χ1n) is 9.11. The predicted molar refractivity (Wildman–Crippen MR) is 109 cm³/mol.